The summed E-state index contributed by atoms with van der Waals surface area (Å²) in [5.41, 5.74) is 10.2. The zero-order chi connectivity index (χ0) is 24.2. The van der Waals surface area contributed by atoms with Crippen LogP contribution in [-0.2, 0) is 6.42 Å². The monoisotopic (exact) mass is 463 g/mol. The molecule has 3 N–H and O–H groups in total. The van der Waals surface area contributed by atoms with Crippen LogP contribution in [0.15, 0.2) is 48.7 Å². The van der Waals surface area contributed by atoms with Gasteiger partial charge in [0.1, 0.15) is 0 Å². The Morgan fingerprint density at radius 3 is 2.53 bits per heavy atom. The van der Waals surface area contributed by atoms with Crippen LogP contribution in [-0.4, -0.2) is 31.3 Å². The Labute approximate surface area is 205 Å². The van der Waals surface area contributed by atoms with Crippen molar-refractivity contribution < 1.29 is 9.47 Å². The lowest BCUT2D eigenvalue weighted by atomic mass is 10.1. The number of fused-ring (bicyclic) bond motifs is 1. The van der Waals surface area contributed by atoms with Crippen LogP contribution in [0.2, 0.25) is 0 Å². The summed E-state index contributed by atoms with van der Waals surface area (Å²) in [6.07, 6.45) is 11.0. The van der Waals surface area contributed by atoms with E-state index in [1.807, 2.05) is 18.3 Å². The number of hydrogen-bond acceptors (Lipinski definition) is 5. The van der Waals surface area contributed by atoms with E-state index in [1.54, 1.807) is 7.11 Å². The lowest BCUT2D eigenvalue weighted by Gasteiger charge is -2.20. The van der Waals surface area contributed by atoms with Gasteiger partial charge in [-0.15, -0.1) is 0 Å². The van der Waals surface area contributed by atoms with Gasteiger partial charge in [0.05, 0.1) is 30.3 Å². The molecule has 0 saturated heterocycles. The van der Waals surface area contributed by atoms with Gasteiger partial charge in [0.15, 0.2) is 11.5 Å². The second kappa shape index (κ2) is 13.8. The topological polar surface area (TPSA) is 69.4 Å². The van der Waals surface area contributed by atoms with E-state index in [-0.39, 0.29) is 0 Å². The van der Waals surface area contributed by atoms with Gasteiger partial charge in [0, 0.05) is 18.3 Å². The van der Waals surface area contributed by atoms with Crippen molar-refractivity contribution in [2.45, 2.75) is 71.3 Å². The molecule has 5 nitrogen and oxygen atoms in total. The molecule has 0 aliphatic carbocycles. The number of nitrogens with one attached hydrogen (secondary N) is 1. The molecule has 3 aromatic rings. The van der Waals surface area contributed by atoms with Gasteiger partial charge in [-0.3, -0.25) is 4.98 Å². The van der Waals surface area contributed by atoms with Crippen molar-refractivity contribution in [3.05, 3.63) is 59.8 Å². The van der Waals surface area contributed by atoms with Crippen molar-refractivity contribution in [2.24, 2.45) is 5.73 Å². The predicted octanol–water partition coefficient (Wildman–Crippen LogP) is 6.66. The summed E-state index contributed by atoms with van der Waals surface area (Å²) < 4.78 is 12.1. The highest BCUT2D eigenvalue weighted by atomic mass is 16.5. The number of pyridine rings is 1. The largest absolute Gasteiger partial charge is 0.493 e. The average molecular weight is 464 g/mol. The molecule has 0 fully saturated rings. The highest BCUT2D eigenvalue weighted by Gasteiger charge is 2.18. The second-order valence-electron chi connectivity index (χ2n) is 9.14. The molecular weight excluding hydrogens is 422 g/mol. The van der Waals surface area contributed by atoms with Crippen LogP contribution >= 0.6 is 0 Å². The van der Waals surface area contributed by atoms with Gasteiger partial charge in [-0.25, -0.2) is 0 Å². The summed E-state index contributed by atoms with van der Waals surface area (Å²) in [6.45, 7) is 5.66. The lowest BCUT2D eigenvalue weighted by molar-refractivity contribution is 0.288. The standard InChI is InChI=1S/C29H41N3O2/c1-22-17-19-31-28-25(32-23(2)13-12-18-30)21-26(33-3)29(27(22)28)34-20-11-6-4-5-8-14-24-15-9-7-10-16-24/h7,9-10,15-17,19,21,23,32H,4-6,8,11-14,18,20,30H2,1-3H3. The summed E-state index contributed by atoms with van der Waals surface area (Å²) in [7, 11) is 1.70. The fraction of sp³-hybridized carbons (Fsp3) is 0.483. The molecule has 1 aromatic heterocycles. The Hall–Kier alpha value is -2.79. The van der Waals surface area contributed by atoms with Crippen LogP contribution in [0.3, 0.4) is 0 Å². The normalized spacial score (nSPS) is 12.0. The first-order chi connectivity index (χ1) is 16.6. The van der Waals surface area contributed by atoms with Crippen LogP contribution < -0.4 is 20.5 Å². The molecule has 3 rings (SSSR count). The maximum Gasteiger partial charge on any atom is 0.170 e. The van der Waals surface area contributed by atoms with Crippen molar-refractivity contribution in [1.29, 1.82) is 0 Å². The predicted molar refractivity (Wildman–Crippen MR) is 143 cm³/mol. The smallest absolute Gasteiger partial charge is 0.170 e. The lowest BCUT2D eigenvalue weighted by Crippen LogP contribution is -2.17. The number of hydrogen-bond donors (Lipinski definition) is 2. The first kappa shape index (κ1) is 25.8. The summed E-state index contributed by atoms with van der Waals surface area (Å²) in [5, 5.41) is 4.63. The van der Waals surface area contributed by atoms with Crippen LogP contribution in [0.4, 0.5) is 5.69 Å². The molecule has 0 amide bonds. The SMILES string of the molecule is COc1cc(NC(C)CCCN)c2nccc(C)c2c1OCCCCCCCc1ccccc1. The minimum Gasteiger partial charge on any atom is -0.493 e. The summed E-state index contributed by atoms with van der Waals surface area (Å²) >= 11 is 0. The van der Waals surface area contributed by atoms with E-state index in [0.717, 1.165) is 59.3 Å². The maximum atomic E-state index is 6.31. The van der Waals surface area contributed by atoms with E-state index in [9.17, 15) is 0 Å². The molecule has 0 spiro atoms. The number of benzene rings is 2. The van der Waals surface area contributed by atoms with Crippen LogP contribution in [0.5, 0.6) is 11.5 Å². The van der Waals surface area contributed by atoms with E-state index < -0.39 is 0 Å². The molecule has 0 aliphatic heterocycles. The third-order valence-electron chi connectivity index (χ3n) is 6.30. The molecule has 184 valence electrons. The number of nitrogens with two attached hydrogens (primary N) is 1. The van der Waals surface area contributed by atoms with E-state index >= 15 is 0 Å². The fourth-order valence-electron chi connectivity index (χ4n) is 4.38. The van der Waals surface area contributed by atoms with Gasteiger partial charge < -0.3 is 20.5 Å². The molecule has 1 atom stereocenters. The highest BCUT2D eigenvalue weighted by Crippen LogP contribution is 2.41. The van der Waals surface area contributed by atoms with Crippen LogP contribution in [0, 0.1) is 6.92 Å². The van der Waals surface area contributed by atoms with Crippen LogP contribution in [0.1, 0.15) is 63.0 Å². The fourth-order valence-corrected chi connectivity index (χ4v) is 4.38. The number of nitrogens with zero attached hydrogens (tertiary/aromatic N) is 1. The van der Waals surface area contributed by atoms with E-state index in [2.05, 4.69) is 49.5 Å². The molecule has 0 aliphatic rings. The van der Waals surface area contributed by atoms with Crippen LogP contribution in [0.25, 0.3) is 10.9 Å². The first-order valence-corrected chi connectivity index (χ1v) is 12.7. The second-order valence-corrected chi connectivity index (χ2v) is 9.14. The van der Waals surface area contributed by atoms with Gasteiger partial charge >= 0.3 is 0 Å². The molecule has 2 aromatic carbocycles. The molecule has 0 saturated carbocycles. The van der Waals surface area contributed by atoms with Crippen molar-refractivity contribution in [3.8, 4) is 11.5 Å². The maximum absolute atomic E-state index is 6.31. The summed E-state index contributed by atoms with van der Waals surface area (Å²) in [5.74, 6) is 1.55. The van der Waals surface area contributed by atoms with E-state index in [4.69, 9.17) is 20.2 Å². The zero-order valence-corrected chi connectivity index (χ0v) is 21.1. The molecular formula is C29H41N3O2. The van der Waals surface area contributed by atoms with Gasteiger partial charge in [0.25, 0.3) is 0 Å². The minimum absolute atomic E-state index is 0.299. The quantitative estimate of drug-likeness (QED) is 0.247. The summed E-state index contributed by atoms with van der Waals surface area (Å²) in [6, 6.07) is 15.1. The molecule has 0 bridgehead atoms. The minimum atomic E-state index is 0.299. The molecule has 5 heteroatoms. The third-order valence-corrected chi connectivity index (χ3v) is 6.30. The molecule has 34 heavy (non-hydrogen) atoms. The number of methoxy groups -OCH3 is 1. The Morgan fingerprint density at radius 2 is 1.76 bits per heavy atom. The average Bonchev–Trinajstić information content (AvgIpc) is 2.85. The Kier molecular flexibility index (Phi) is 10.5. The number of unbranched alkanes of at least 4 members (excludes halogenated alkanes) is 4. The van der Waals surface area contributed by atoms with E-state index in [1.165, 1.54) is 31.2 Å². The van der Waals surface area contributed by atoms with Gasteiger partial charge in [-0.2, -0.15) is 0 Å². The summed E-state index contributed by atoms with van der Waals surface area (Å²) in [4.78, 5) is 4.69. The van der Waals surface area contributed by atoms with Crippen molar-refractivity contribution in [2.75, 3.05) is 25.6 Å². The number of anilines is 1. The Bertz CT molecular complexity index is 1010. The molecule has 1 unspecified atom stereocenters. The number of aryl methyl sites for hydroxylation is 2. The number of rotatable bonds is 15. The van der Waals surface area contributed by atoms with Crippen molar-refractivity contribution in [3.63, 3.8) is 0 Å². The Balaban J connectivity index is 1.58. The molecule has 1 heterocycles. The van der Waals surface area contributed by atoms with Gasteiger partial charge in [-0.1, -0.05) is 49.6 Å². The third kappa shape index (κ3) is 7.36. The van der Waals surface area contributed by atoms with Crippen molar-refractivity contribution in [1.82, 2.24) is 4.98 Å². The van der Waals surface area contributed by atoms with Crippen molar-refractivity contribution >= 4 is 16.6 Å². The molecule has 0 radical (unpaired) electrons. The Morgan fingerprint density at radius 1 is 1.00 bits per heavy atom. The van der Waals surface area contributed by atoms with E-state index in [0.29, 0.717) is 19.2 Å². The van der Waals surface area contributed by atoms with Gasteiger partial charge in [-0.05, 0) is 69.7 Å². The number of ether oxygens (including phenoxy) is 2. The highest BCUT2D eigenvalue weighted by molar-refractivity contribution is 5.99. The number of aromatic nitrogens is 1. The zero-order valence-electron chi connectivity index (χ0n) is 21.1. The first-order valence-electron chi connectivity index (χ1n) is 12.7. The van der Waals surface area contributed by atoms with Gasteiger partial charge in [0.2, 0.25) is 0 Å².